The highest BCUT2D eigenvalue weighted by Gasteiger charge is 2.28. The second-order valence-electron chi connectivity index (χ2n) is 7.42. The summed E-state index contributed by atoms with van der Waals surface area (Å²) in [5, 5.41) is 13.9. The van der Waals surface area contributed by atoms with E-state index < -0.39 is 11.4 Å². The number of carboxylic acid groups (broad SMARTS) is 1. The van der Waals surface area contributed by atoms with Crippen LogP contribution in [0, 0.1) is 18.8 Å². The Morgan fingerprint density at radius 1 is 1.31 bits per heavy atom. The average molecular weight is 392 g/mol. The Balaban J connectivity index is 1.95. The van der Waals surface area contributed by atoms with Gasteiger partial charge in [-0.05, 0) is 55.5 Å². The lowest BCUT2D eigenvalue weighted by Crippen LogP contribution is -2.19. The van der Waals surface area contributed by atoms with Crippen LogP contribution in [-0.4, -0.2) is 27.7 Å². The first-order chi connectivity index (χ1) is 13.8. The van der Waals surface area contributed by atoms with Gasteiger partial charge in [-0.15, -0.1) is 4.91 Å². The highest BCUT2D eigenvalue weighted by molar-refractivity contribution is 5.95. The quantitative estimate of drug-likeness (QED) is 0.523. The molecule has 3 aromatic rings. The summed E-state index contributed by atoms with van der Waals surface area (Å²) in [5.74, 6) is -0.737. The third-order valence-corrected chi connectivity index (χ3v) is 5.41. The van der Waals surface area contributed by atoms with Crippen LogP contribution in [0.3, 0.4) is 0 Å². The summed E-state index contributed by atoms with van der Waals surface area (Å²) in [5.41, 5.74) is 3.52. The van der Waals surface area contributed by atoms with Gasteiger partial charge in [-0.3, -0.25) is 4.79 Å². The first-order valence-corrected chi connectivity index (χ1v) is 9.29. The zero-order chi connectivity index (χ0) is 20.9. The van der Waals surface area contributed by atoms with Crippen LogP contribution in [0.4, 0.5) is 5.82 Å². The summed E-state index contributed by atoms with van der Waals surface area (Å²) in [7, 11) is 1.54. The van der Waals surface area contributed by atoms with Gasteiger partial charge in [0.15, 0.2) is 5.82 Å². The lowest BCUT2D eigenvalue weighted by atomic mass is 9.96. The van der Waals surface area contributed by atoms with Crippen molar-refractivity contribution in [3.63, 3.8) is 0 Å². The van der Waals surface area contributed by atoms with Gasteiger partial charge < -0.3 is 9.67 Å². The summed E-state index contributed by atoms with van der Waals surface area (Å²) in [6.07, 6.45) is 5.06. The van der Waals surface area contributed by atoms with E-state index in [4.69, 9.17) is 0 Å². The summed E-state index contributed by atoms with van der Waals surface area (Å²) in [6, 6.07) is 5.64. The standard InChI is InChI=1S/C21H20N4O4/c1-11-8-13(9-22-20(11)24(3)23-29)15-6-7-16-18(12(15)2)25(14-4-5-14)10-17(19(16)26)21(27)28/h6-10,14H,4-5H2,1-3H3,(H,27,28). The number of hydrogen-bond donors (Lipinski definition) is 1. The summed E-state index contributed by atoms with van der Waals surface area (Å²) >= 11 is 0. The van der Waals surface area contributed by atoms with E-state index in [0.29, 0.717) is 11.2 Å². The molecular weight excluding hydrogens is 372 g/mol. The molecule has 4 rings (SSSR count). The normalized spacial score (nSPS) is 13.5. The summed E-state index contributed by atoms with van der Waals surface area (Å²) < 4.78 is 1.93. The van der Waals surface area contributed by atoms with E-state index in [1.54, 1.807) is 12.3 Å². The average Bonchev–Trinajstić information content (AvgIpc) is 3.53. The highest BCUT2D eigenvalue weighted by atomic mass is 16.4. The van der Waals surface area contributed by atoms with E-state index in [-0.39, 0.29) is 11.6 Å². The molecule has 0 bridgehead atoms. The largest absolute Gasteiger partial charge is 0.477 e. The van der Waals surface area contributed by atoms with Crippen LogP contribution in [0.5, 0.6) is 0 Å². The molecule has 1 aromatic carbocycles. The van der Waals surface area contributed by atoms with Crippen molar-refractivity contribution in [2.45, 2.75) is 32.7 Å². The molecule has 1 saturated carbocycles. The van der Waals surface area contributed by atoms with Crippen LogP contribution in [0.25, 0.3) is 22.0 Å². The van der Waals surface area contributed by atoms with E-state index >= 15 is 0 Å². The van der Waals surface area contributed by atoms with Gasteiger partial charge in [0.05, 0.1) is 10.8 Å². The van der Waals surface area contributed by atoms with Crippen LogP contribution in [-0.2, 0) is 0 Å². The van der Waals surface area contributed by atoms with E-state index in [0.717, 1.165) is 40.6 Å². The predicted octanol–water partition coefficient (Wildman–Crippen LogP) is 3.83. The molecule has 1 fully saturated rings. The number of benzene rings is 1. The van der Waals surface area contributed by atoms with Crippen molar-refractivity contribution in [1.82, 2.24) is 9.55 Å². The molecule has 0 aliphatic heterocycles. The number of nitrogens with zero attached hydrogens (tertiary/aromatic N) is 4. The second-order valence-corrected chi connectivity index (χ2v) is 7.42. The number of pyridine rings is 2. The molecule has 0 spiro atoms. The summed E-state index contributed by atoms with van der Waals surface area (Å²) in [6.45, 7) is 3.78. The van der Waals surface area contributed by atoms with Crippen LogP contribution >= 0.6 is 0 Å². The maximum Gasteiger partial charge on any atom is 0.341 e. The molecular formula is C21H20N4O4. The van der Waals surface area contributed by atoms with Crippen molar-refractivity contribution in [3.8, 4) is 11.1 Å². The molecule has 2 heterocycles. The molecule has 0 unspecified atom stereocenters. The molecule has 8 heteroatoms. The number of hydrogen-bond acceptors (Lipinski definition) is 5. The van der Waals surface area contributed by atoms with E-state index in [2.05, 4.69) is 10.3 Å². The number of aromatic nitrogens is 2. The van der Waals surface area contributed by atoms with Gasteiger partial charge in [0, 0.05) is 36.4 Å². The number of rotatable bonds is 5. The van der Waals surface area contributed by atoms with Gasteiger partial charge >= 0.3 is 5.97 Å². The van der Waals surface area contributed by atoms with Gasteiger partial charge in [0.2, 0.25) is 5.43 Å². The summed E-state index contributed by atoms with van der Waals surface area (Å²) in [4.78, 5) is 39.4. The van der Waals surface area contributed by atoms with E-state index in [1.165, 1.54) is 18.3 Å². The van der Waals surface area contributed by atoms with E-state index in [1.807, 2.05) is 30.5 Å². The molecule has 1 aliphatic rings. The fraction of sp³-hybridized carbons (Fsp3) is 0.286. The number of aryl methyl sites for hydroxylation is 2. The van der Waals surface area contributed by atoms with Gasteiger partial charge in [0.1, 0.15) is 5.56 Å². The number of aromatic carboxylic acids is 1. The number of carboxylic acids is 1. The molecule has 1 aliphatic carbocycles. The van der Waals surface area contributed by atoms with Crippen molar-refractivity contribution < 1.29 is 9.90 Å². The minimum absolute atomic E-state index is 0.206. The molecule has 29 heavy (non-hydrogen) atoms. The Kier molecular flexibility index (Phi) is 4.41. The van der Waals surface area contributed by atoms with Gasteiger partial charge in [-0.25, -0.2) is 14.8 Å². The van der Waals surface area contributed by atoms with Gasteiger partial charge in [-0.1, -0.05) is 6.07 Å². The number of nitroso groups, excluding NO2 is 1. The molecule has 0 amide bonds. The third-order valence-electron chi connectivity index (χ3n) is 5.41. The minimum atomic E-state index is -1.21. The van der Waals surface area contributed by atoms with Gasteiger partial charge in [-0.2, -0.15) is 0 Å². The Bertz CT molecular complexity index is 1230. The van der Waals surface area contributed by atoms with Crippen molar-refractivity contribution in [3.05, 3.63) is 62.4 Å². The first-order valence-electron chi connectivity index (χ1n) is 9.29. The monoisotopic (exact) mass is 392 g/mol. The Hall–Kier alpha value is -3.55. The predicted molar refractivity (Wildman–Crippen MR) is 110 cm³/mol. The zero-order valence-corrected chi connectivity index (χ0v) is 16.3. The Labute approximate surface area is 166 Å². The lowest BCUT2D eigenvalue weighted by molar-refractivity contribution is 0.0695. The van der Waals surface area contributed by atoms with Crippen LogP contribution < -0.4 is 10.4 Å². The molecule has 8 nitrogen and oxygen atoms in total. The maximum atomic E-state index is 12.7. The fourth-order valence-corrected chi connectivity index (χ4v) is 3.82. The SMILES string of the molecule is Cc1cc(-c2ccc3c(=O)c(C(=O)O)cn(C4CC4)c3c2C)cnc1N(C)N=O. The number of carbonyl (C=O) groups is 1. The smallest absolute Gasteiger partial charge is 0.341 e. The fourth-order valence-electron chi connectivity index (χ4n) is 3.82. The van der Waals surface area contributed by atoms with Crippen LogP contribution in [0.1, 0.15) is 40.4 Å². The number of anilines is 1. The molecule has 0 atom stereocenters. The topological polar surface area (TPSA) is 105 Å². The maximum absolute atomic E-state index is 12.7. The Morgan fingerprint density at radius 2 is 2.03 bits per heavy atom. The zero-order valence-electron chi connectivity index (χ0n) is 16.3. The molecule has 0 saturated heterocycles. The van der Waals surface area contributed by atoms with Crippen LogP contribution in [0.2, 0.25) is 0 Å². The Morgan fingerprint density at radius 3 is 2.62 bits per heavy atom. The van der Waals surface area contributed by atoms with Crippen molar-refractivity contribution in [1.29, 1.82) is 0 Å². The highest BCUT2D eigenvalue weighted by Crippen LogP contribution is 2.39. The molecule has 148 valence electrons. The number of fused-ring (bicyclic) bond motifs is 1. The molecule has 2 aromatic heterocycles. The second kappa shape index (κ2) is 6.80. The van der Waals surface area contributed by atoms with Crippen molar-refractivity contribution in [2.75, 3.05) is 12.1 Å². The van der Waals surface area contributed by atoms with Crippen LogP contribution in [0.15, 0.2) is 40.7 Å². The molecule has 1 N–H and O–H groups in total. The lowest BCUT2D eigenvalue weighted by Gasteiger charge is -2.17. The van der Waals surface area contributed by atoms with Gasteiger partial charge in [0.25, 0.3) is 0 Å². The minimum Gasteiger partial charge on any atom is -0.477 e. The third kappa shape index (κ3) is 3.06. The molecule has 0 radical (unpaired) electrons. The van der Waals surface area contributed by atoms with E-state index in [9.17, 15) is 19.6 Å². The first kappa shape index (κ1) is 18.8. The van der Waals surface area contributed by atoms with Crippen molar-refractivity contribution in [2.24, 2.45) is 5.29 Å². The van der Waals surface area contributed by atoms with Crippen molar-refractivity contribution >= 4 is 22.7 Å².